The lowest BCUT2D eigenvalue weighted by Gasteiger charge is -2.00. The van der Waals surface area contributed by atoms with Crippen molar-refractivity contribution < 1.29 is 5.41 Å². The highest BCUT2D eigenvalue weighted by atomic mass is 32.2. The Hall–Kier alpha value is -1.54. The Kier molecular flexibility index (Phi) is 3.99. The first-order valence-corrected chi connectivity index (χ1v) is 6.60. The number of hydrogen-bond acceptors (Lipinski definition) is 1. The van der Waals surface area contributed by atoms with Gasteiger partial charge in [0.05, 0.1) is 5.56 Å². The SMILES string of the molecule is Cc1ccc(C(=[NH2+])SCc2ccccc2)cc1. The molecule has 0 radical (unpaired) electrons. The van der Waals surface area contributed by atoms with E-state index < -0.39 is 0 Å². The first-order valence-electron chi connectivity index (χ1n) is 5.62. The van der Waals surface area contributed by atoms with Crippen molar-refractivity contribution in [3.05, 3.63) is 71.3 Å². The van der Waals surface area contributed by atoms with E-state index in [1.54, 1.807) is 11.8 Å². The van der Waals surface area contributed by atoms with Crippen LogP contribution in [0.1, 0.15) is 16.7 Å². The molecule has 0 aromatic heterocycles. The standard InChI is InChI=1S/C15H15NS/c1-12-7-9-14(10-8-12)15(16)17-11-13-5-3-2-4-6-13/h2-10,16H,11H2,1H3/p+1. The highest BCUT2D eigenvalue weighted by Gasteiger charge is 2.07. The topological polar surface area (TPSA) is 25.6 Å². The van der Waals surface area contributed by atoms with Gasteiger partial charge in [-0.1, -0.05) is 59.8 Å². The van der Waals surface area contributed by atoms with Gasteiger partial charge < -0.3 is 0 Å². The van der Waals surface area contributed by atoms with Gasteiger partial charge >= 0.3 is 0 Å². The van der Waals surface area contributed by atoms with Crippen molar-refractivity contribution >= 4 is 16.8 Å². The van der Waals surface area contributed by atoms with E-state index in [2.05, 4.69) is 55.5 Å². The lowest BCUT2D eigenvalue weighted by atomic mass is 10.2. The highest BCUT2D eigenvalue weighted by Crippen LogP contribution is 2.16. The number of hydrogen-bond donors (Lipinski definition) is 1. The molecule has 2 N–H and O–H groups in total. The second-order valence-electron chi connectivity index (χ2n) is 4.00. The Morgan fingerprint density at radius 1 is 1.00 bits per heavy atom. The molecule has 0 atom stereocenters. The Morgan fingerprint density at radius 3 is 2.29 bits per heavy atom. The monoisotopic (exact) mass is 242 g/mol. The molecule has 0 aliphatic rings. The van der Waals surface area contributed by atoms with Crippen LogP contribution in [0.3, 0.4) is 0 Å². The van der Waals surface area contributed by atoms with Crippen LogP contribution in [0.5, 0.6) is 0 Å². The van der Waals surface area contributed by atoms with Crippen molar-refractivity contribution in [3.8, 4) is 0 Å². The number of thioether (sulfide) groups is 1. The minimum Gasteiger partial charge on any atom is -0.248 e. The zero-order chi connectivity index (χ0) is 12.1. The van der Waals surface area contributed by atoms with Crippen LogP contribution < -0.4 is 5.41 Å². The Labute approximate surface area is 106 Å². The summed E-state index contributed by atoms with van der Waals surface area (Å²) >= 11 is 1.68. The predicted octanol–water partition coefficient (Wildman–Crippen LogP) is 2.43. The first kappa shape index (κ1) is 11.9. The van der Waals surface area contributed by atoms with Gasteiger partial charge in [-0.2, -0.15) is 0 Å². The molecule has 86 valence electrons. The van der Waals surface area contributed by atoms with Gasteiger partial charge in [-0.25, -0.2) is 5.41 Å². The predicted molar refractivity (Wildman–Crippen MR) is 75.0 cm³/mol. The van der Waals surface area contributed by atoms with Crippen molar-refractivity contribution in [2.45, 2.75) is 12.7 Å². The summed E-state index contributed by atoms with van der Waals surface area (Å²) in [5, 5.41) is 6.96. The fourth-order valence-electron chi connectivity index (χ4n) is 1.54. The molecule has 0 aliphatic carbocycles. The van der Waals surface area contributed by atoms with Gasteiger partial charge in [0.2, 0.25) is 5.04 Å². The quantitative estimate of drug-likeness (QED) is 0.649. The lowest BCUT2D eigenvalue weighted by molar-refractivity contribution is -0.107. The van der Waals surface area contributed by atoms with Crippen LogP contribution in [0.15, 0.2) is 54.6 Å². The molecule has 0 spiro atoms. The molecule has 17 heavy (non-hydrogen) atoms. The molecule has 2 aromatic rings. The molecule has 0 saturated carbocycles. The van der Waals surface area contributed by atoms with E-state index in [9.17, 15) is 0 Å². The van der Waals surface area contributed by atoms with Crippen LogP contribution in [0.4, 0.5) is 0 Å². The van der Waals surface area contributed by atoms with Crippen LogP contribution in [0.25, 0.3) is 0 Å². The van der Waals surface area contributed by atoms with Crippen molar-refractivity contribution in [1.29, 1.82) is 0 Å². The Morgan fingerprint density at radius 2 is 1.65 bits per heavy atom. The number of rotatable bonds is 3. The maximum Gasteiger partial charge on any atom is 0.239 e. The minimum atomic E-state index is 0.883. The summed E-state index contributed by atoms with van der Waals surface area (Å²) in [7, 11) is 0. The van der Waals surface area contributed by atoms with E-state index in [0.717, 1.165) is 16.4 Å². The van der Waals surface area contributed by atoms with Crippen molar-refractivity contribution in [2.75, 3.05) is 0 Å². The summed E-state index contributed by atoms with van der Waals surface area (Å²) in [5.74, 6) is 0.917. The van der Waals surface area contributed by atoms with Crippen LogP contribution in [-0.4, -0.2) is 5.04 Å². The maximum absolute atomic E-state index is 6.07. The van der Waals surface area contributed by atoms with Crippen LogP contribution in [0, 0.1) is 6.92 Å². The van der Waals surface area contributed by atoms with E-state index in [-0.39, 0.29) is 0 Å². The van der Waals surface area contributed by atoms with Crippen LogP contribution in [-0.2, 0) is 5.75 Å². The second-order valence-corrected chi connectivity index (χ2v) is 5.02. The molecule has 0 heterocycles. The molecular formula is C15H16NS+. The molecular weight excluding hydrogens is 226 g/mol. The highest BCUT2D eigenvalue weighted by molar-refractivity contribution is 8.13. The van der Waals surface area contributed by atoms with Crippen molar-refractivity contribution in [2.24, 2.45) is 0 Å². The third-order valence-electron chi connectivity index (χ3n) is 2.57. The molecule has 0 unspecified atom stereocenters. The number of aryl methyl sites for hydroxylation is 1. The van der Waals surface area contributed by atoms with Gasteiger partial charge in [0.15, 0.2) is 0 Å². The van der Waals surface area contributed by atoms with Crippen LogP contribution >= 0.6 is 11.8 Å². The average molecular weight is 242 g/mol. The fourth-order valence-corrected chi connectivity index (χ4v) is 2.35. The summed E-state index contributed by atoms with van der Waals surface area (Å²) in [6.45, 7) is 2.08. The summed E-state index contributed by atoms with van der Waals surface area (Å²) < 4.78 is 0. The molecule has 0 saturated heterocycles. The zero-order valence-corrected chi connectivity index (χ0v) is 10.7. The summed E-state index contributed by atoms with van der Waals surface area (Å²) in [5.41, 5.74) is 3.67. The van der Waals surface area contributed by atoms with Gasteiger partial charge in [-0.15, -0.1) is 0 Å². The fraction of sp³-hybridized carbons (Fsp3) is 0.133. The molecule has 0 bridgehead atoms. The van der Waals surface area contributed by atoms with E-state index in [0.29, 0.717) is 0 Å². The van der Waals surface area contributed by atoms with E-state index in [1.165, 1.54) is 11.1 Å². The molecule has 2 rings (SSSR count). The summed E-state index contributed by atoms with van der Waals surface area (Å²) in [6.07, 6.45) is 0. The van der Waals surface area contributed by atoms with E-state index >= 15 is 0 Å². The normalized spacial score (nSPS) is 10.2. The van der Waals surface area contributed by atoms with Crippen molar-refractivity contribution in [1.82, 2.24) is 0 Å². The van der Waals surface area contributed by atoms with Crippen LogP contribution in [0.2, 0.25) is 0 Å². The zero-order valence-electron chi connectivity index (χ0n) is 9.89. The smallest absolute Gasteiger partial charge is 0.239 e. The third-order valence-corrected chi connectivity index (χ3v) is 3.60. The van der Waals surface area contributed by atoms with E-state index in [1.807, 2.05) is 6.07 Å². The minimum absolute atomic E-state index is 0.883. The number of benzene rings is 2. The molecule has 2 aromatic carbocycles. The van der Waals surface area contributed by atoms with Gasteiger partial charge in [0, 0.05) is 5.75 Å². The number of nitrogens with two attached hydrogens (primary N) is 1. The Bertz CT molecular complexity index is 488. The molecule has 0 aliphatic heterocycles. The summed E-state index contributed by atoms with van der Waals surface area (Å²) in [6, 6.07) is 18.7. The summed E-state index contributed by atoms with van der Waals surface area (Å²) in [4.78, 5) is 0. The van der Waals surface area contributed by atoms with Gasteiger partial charge in [0.1, 0.15) is 0 Å². The van der Waals surface area contributed by atoms with Gasteiger partial charge in [0.25, 0.3) is 0 Å². The lowest BCUT2D eigenvalue weighted by Crippen LogP contribution is -2.38. The second kappa shape index (κ2) is 5.69. The van der Waals surface area contributed by atoms with E-state index in [4.69, 9.17) is 5.41 Å². The third kappa shape index (κ3) is 3.46. The molecule has 0 fully saturated rings. The molecule has 0 amide bonds. The van der Waals surface area contributed by atoms with Gasteiger partial charge in [-0.05, 0) is 24.6 Å². The maximum atomic E-state index is 6.07. The molecule has 1 nitrogen and oxygen atoms in total. The Balaban J connectivity index is 1.96. The largest absolute Gasteiger partial charge is 0.248 e. The molecule has 2 heteroatoms. The van der Waals surface area contributed by atoms with Crippen molar-refractivity contribution in [3.63, 3.8) is 0 Å². The first-order chi connectivity index (χ1) is 8.25. The van der Waals surface area contributed by atoms with Gasteiger partial charge in [-0.3, -0.25) is 0 Å². The average Bonchev–Trinajstić information content (AvgIpc) is 2.38.